The second kappa shape index (κ2) is 8.50. The number of carbonyl (C=O) groups is 1. The van der Waals surface area contributed by atoms with Crippen LogP contribution in [0.5, 0.6) is 5.75 Å². The topological polar surface area (TPSA) is 99.6 Å². The summed E-state index contributed by atoms with van der Waals surface area (Å²) in [7, 11) is 1.59. The third kappa shape index (κ3) is 4.33. The minimum atomic E-state index is -0.884. The molecule has 2 amide bonds. The predicted molar refractivity (Wildman–Crippen MR) is 105 cm³/mol. The van der Waals surface area contributed by atoms with E-state index >= 15 is 0 Å². The van der Waals surface area contributed by atoms with Crippen LogP contribution in [-0.2, 0) is 11.8 Å². The Morgan fingerprint density at radius 1 is 1.31 bits per heavy atom. The number of nitriles is 1. The summed E-state index contributed by atoms with van der Waals surface area (Å²) in [4.78, 5) is 11.2. The molecule has 7 heteroatoms. The molecule has 0 unspecified atom stereocenters. The van der Waals surface area contributed by atoms with E-state index < -0.39 is 11.4 Å². The monoisotopic (exact) mass is 397 g/mol. The van der Waals surface area contributed by atoms with Gasteiger partial charge in [-0.3, -0.25) is 5.21 Å². The summed E-state index contributed by atoms with van der Waals surface area (Å²) in [6.07, 6.45) is 2.51. The predicted octanol–water partition coefficient (Wildman–Crippen LogP) is 3.90. The van der Waals surface area contributed by atoms with Crippen molar-refractivity contribution in [2.45, 2.75) is 43.6 Å². The van der Waals surface area contributed by atoms with Gasteiger partial charge in [-0.2, -0.15) is 5.26 Å². The third-order valence-electron chi connectivity index (χ3n) is 5.74. The van der Waals surface area contributed by atoms with Gasteiger partial charge in [-0.15, -0.1) is 0 Å². The van der Waals surface area contributed by atoms with Crippen molar-refractivity contribution in [3.8, 4) is 11.8 Å². The molecule has 6 nitrogen and oxygen atoms in total. The summed E-state index contributed by atoms with van der Waals surface area (Å²) in [5, 5.41) is 20.3. The van der Waals surface area contributed by atoms with Gasteiger partial charge in [0, 0.05) is 6.42 Å². The minimum absolute atomic E-state index is 0.288. The van der Waals surface area contributed by atoms with Crippen molar-refractivity contribution in [3.63, 3.8) is 0 Å². The lowest BCUT2D eigenvalue weighted by atomic mass is 9.69. The maximum absolute atomic E-state index is 13.2. The van der Waals surface area contributed by atoms with E-state index in [-0.39, 0.29) is 11.9 Å². The number of ether oxygens (including phenoxy) is 1. The van der Waals surface area contributed by atoms with E-state index in [1.54, 1.807) is 19.2 Å². The van der Waals surface area contributed by atoms with E-state index in [1.165, 1.54) is 12.1 Å². The first-order valence-electron chi connectivity index (χ1n) is 9.49. The largest absolute Gasteiger partial charge is 0.496 e. The van der Waals surface area contributed by atoms with Crippen LogP contribution in [0.15, 0.2) is 42.5 Å². The first kappa shape index (κ1) is 20.6. The molecule has 0 radical (unpaired) electrons. The molecule has 2 aromatic rings. The van der Waals surface area contributed by atoms with Crippen LogP contribution in [0.2, 0.25) is 0 Å². The number of methoxy groups -OCH3 is 1. The maximum atomic E-state index is 13.2. The zero-order chi connectivity index (χ0) is 21.0. The molecule has 0 spiro atoms. The van der Waals surface area contributed by atoms with Crippen LogP contribution in [0.4, 0.5) is 9.18 Å². The smallest absolute Gasteiger partial charge is 0.338 e. The van der Waals surface area contributed by atoms with E-state index in [0.717, 1.165) is 16.7 Å². The number of hydroxylamine groups is 2. The number of rotatable bonds is 5. The highest BCUT2D eigenvalue weighted by Gasteiger charge is 2.39. The lowest BCUT2D eigenvalue weighted by Gasteiger charge is -2.37. The summed E-state index contributed by atoms with van der Waals surface area (Å²) in [5.74, 6) is 0.415. The molecule has 3 N–H and O–H groups in total. The van der Waals surface area contributed by atoms with Crippen LogP contribution in [-0.4, -0.2) is 29.5 Å². The Bertz CT molecular complexity index is 916. The van der Waals surface area contributed by atoms with Gasteiger partial charge in [-0.25, -0.2) is 14.2 Å². The van der Waals surface area contributed by atoms with Crippen LogP contribution in [0, 0.1) is 17.1 Å². The quantitative estimate of drug-likeness (QED) is 0.590. The van der Waals surface area contributed by atoms with E-state index in [1.807, 2.05) is 18.2 Å². The lowest BCUT2D eigenvalue weighted by Crippen LogP contribution is -2.45. The van der Waals surface area contributed by atoms with Crippen molar-refractivity contribution in [1.82, 2.24) is 5.06 Å². The molecule has 0 bridgehead atoms. The van der Waals surface area contributed by atoms with Crippen LogP contribution in [0.25, 0.3) is 0 Å². The highest BCUT2D eigenvalue weighted by Crippen LogP contribution is 2.41. The van der Waals surface area contributed by atoms with Gasteiger partial charge < -0.3 is 10.5 Å². The number of carbonyl (C=O) groups excluding carboxylic acids is 1. The van der Waals surface area contributed by atoms with Gasteiger partial charge in [-0.1, -0.05) is 24.3 Å². The second-order valence-electron chi connectivity index (χ2n) is 7.44. The van der Waals surface area contributed by atoms with Crippen molar-refractivity contribution in [1.29, 1.82) is 5.26 Å². The summed E-state index contributed by atoms with van der Waals surface area (Å²) >= 11 is 0. The fourth-order valence-corrected chi connectivity index (χ4v) is 4.02. The molecule has 1 saturated carbocycles. The van der Waals surface area contributed by atoms with E-state index in [4.69, 9.17) is 10.5 Å². The van der Waals surface area contributed by atoms with Crippen LogP contribution >= 0.6 is 0 Å². The van der Waals surface area contributed by atoms with Crippen LogP contribution in [0.3, 0.4) is 0 Å². The van der Waals surface area contributed by atoms with Gasteiger partial charge in [0.1, 0.15) is 11.6 Å². The molecule has 0 saturated heterocycles. The molecular formula is C22H24FN3O3. The van der Waals surface area contributed by atoms with Crippen molar-refractivity contribution in [2.24, 2.45) is 5.73 Å². The number of primary amides is 1. The summed E-state index contributed by atoms with van der Waals surface area (Å²) in [6, 6.07) is 13.2. The Morgan fingerprint density at radius 2 is 1.97 bits per heavy atom. The first-order valence-corrected chi connectivity index (χ1v) is 9.49. The van der Waals surface area contributed by atoms with E-state index in [9.17, 15) is 19.7 Å². The van der Waals surface area contributed by atoms with E-state index in [0.29, 0.717) is 42.9 Å². The minimum Gasteiger partial charge on any atom is -0.496 e. The van der Waals surface area contributed by atoms with Gasteiger partial charge in [-0.05, 0) is 60.6 Å². The summed E-state index contributed by atoms with van der Waals surface area (Å²) in [6.45, 7) is 0. The number of halogens is 1. The zero-order valence-electron chi connectivity index (χ0n) is 16.3. The number of hydrogen-bond donors (Lipinski definition) is 2. The number of urea groups is 1. The van der Waals surface area contributed by atoms with Crippen molar-refractivity contribution < 1.29 is 19.1 Å². The Hall–Kier alpha value is -3.11. The maximum Gasteiger partial charge on any atom is 0.338 e. The highest BCUT2D eigenvalue weighted by molar-refractivity contribution is 5.70. The number of hydrogen-bond acceptors (Lipinski definition) is 4. The molecule has 0 heterocycles. The van der Waals surface area contributed by atoms with Crippen LogP contribution in [0.1, 0.15) is 42.4 Å². The number of nitrogens with two attached hydrogens (primary N) is 1. The Kier molecular flexibility index (Phi) is 6.04. The Morgan fingerprint density at radius 3 is 2.52 bits per heavy atom. The van der Waals surface area contributed by atoms with Gasteiger partial charge in [0.25, 0.3) is 0 Å². The fraction of sp³-hybridized carbons (Fsp3) is 0.364. The van der Waals surface area contributed by atoms with Gasteiger partial charge in [0.15, 0.2) is 0 Å². The lowest BCUT2D eigenvalue weighted by molar-refractivity contribution is -0.0870. The van der Waals surface area contributed by atoms with Gasteiger partial charge in [0.05, 0.1) is 24.6 Å². The third-order valence-corrected chi connectivity index (χ3v) is 5.74. The number of amides is 2. The van der Waals surface area contributed by atoms with Crippen molar-refractivity contribution in [2.75, 3.05) is 7.11 Å². The SMILES string of the molecule is COc1ccc([C@]2(C#N)CC[C@@H](N(O)C(N)=O)CC2)cc1Cc1ccc(F)cc1. The fourth-order valence-electron chi connectivity index (χ4n) is 4.02. The van der Waals surface area contributed by atoms with E-state index in [2.05, 4.69) is 6.07 Å². The molecule has 1 aliphatic carbocycles. The average Bonchev–Trinajstić information content (AvgIpc) is 2.74. The van der Waals surface area contributed by atoms with Gasteiger partial charge in [0.2, 0.25) is 0 Å². The summed E-state index contributed by atoms with van der Waals surface area (Å²) < 4.78 is 18.7. The first-order chi connectivity index (χ1) is 13.9. The molecule has 29 heavy (non-hydrogen) atoms. The zero-order valence-corrected chi connectivity index (χ0v) is 16.3. The molecule has 0 aliphatic heterocycles. The molecule has 1 aliphatic rings. The molecule has 152 valence electrons. The molecule has 3 rings (SSSR count). The van der Waals surface area contributed by atoms with Gasteiger partial charge >= 0.3 is 6.03 Å². The average molecular weight is 397 g/mol. The summed E-state index contributed by atoms with van der Waals surface area (Å²) in [5.41, 5.74) is 7.16. The molecule has 0 atom stereocenters. The normalized spacial score (nSPS) is 21.2. The number of benzene rings is 2. The highest BCUT2D eigenvalue weighted by atomic mass is 19.1. The van der Waals surface area contributed by atoms with Crippen molar-refractivity contribution >= 4 is 6.03 Å². The number of nitrogens with zero attached hydrogens (tertiary/aromatic N) is 2. The molecular weight excluding hydrogens is 373 g/mol. The van der Waals surface area contributed by atoms with Crippen LogP contribution < -0.4 is 10.5 Å². The molecule has 2 aromatic carbocycles. The Balaban J connectivity index is 1.86. The second-order valence-corrected chi connectivity index (χ2v) is 7.44. The standard InChI is InChI=1S/C22H24FN3O3/c1-29-20-7-4-17(13-16(20)12-15-2-5-18(23)6-3-15)22(14-24)10-8-19(9-11-22)26(28)21(25)27/h2-7,13,19,28H,8-12H2,1H3,(H2,25,27)/t19-,22-. The molecule has 0 aromatic heterocycles. The molecule has 1 fully saturated rings. The Labute approximate surface area is 169 Å². The van der Waals surface area contributed by atoms with Crippen molar-refractivity contribution in [3.05, 3.63) is 65.0 Å².